The molecule has 2 aromatic heterocycles. The molecular formula is C18H21N3O3S2. The van der Waals surface area contributed by atoms with Crippen molar-refractivity contribution in [2.24, 2.45) is 5.92 Å². The second kappa shape index (κ2) is 7.30. The van der Waals surface area contributed by atoms with Crippen LogP contribution < -0.4 is 4.72 Å². The van der Waals surface area contributed by atoms with E-state index in [1.165, 1.54) is 4.88 Å². The highest BCUT2D eigenvalue weighted by atomic mass is 32.2. The van der Waals surface area contributed by atoms with E-state index in [0.717, 1.165) is 4.88 Å². The molecule has 0 amide bonds. The largest absolute Gasteiger partial charge is 0.334 e. The van der Waals surface area contributed by atoms with Crippen LogP contribution in [-0.2, 0) is 10.0 Å². The van der Waals surface area contributed by atoms with E-state index in [4.69, 9.17) is 4.52 Å². The van der Waals surface area contributed by atoms with Crippen molar-refractivity contribution in [1.82, 2.24) is 14.9 Å². The van der Waals surface area contributed by atoms with Crippen LogP contribution in [0.3, 0.4) is 0 Å². The molecule has 1 N–H and O–H groups in total. The Bertz CT molecular complexity index is 989. The summed E-state index contributed by atoms with van der Waals surface area (Å²) in [5.41, 5.74) is 0.674. The monoisotopic (exact) mass is 391 g/mol. The second-order valence-corrected chi connectivity index (χ2v) is 9.51. The molecule has 0 bridgehead atoms. The lowest BCUT2D eigenvalue weighted by atomic mass is 10.1. The zero-order chi connectivity index (χ0) is 18.9. The third kappa shape index (κ3) is 4.03. The van der Waals surface area contributed by atoms with Crippen molar-refractivity contribution in [3.05, 3.63) is 41.3 Å². The summed E-state index contributed by atoms with van der Waals surface area (Å²) in [5, 5.41) is 4.00. The Balaban J connectivity index is 1.81. The van der Waals surface area contributed by atoms with Crippen LogP contribution >= 0.6 is 11.3 Å². The Morgan fingerprint density at radius 2 is 1.77 bits per heavy atom. The van der Waals surface area contributed by atoms with Crippen LogP contribution in [0.15, 0.2) is 45.8 Å². The molecule has 0 saturated carbocycles. The number of rotatable bonds is 6. The van der Waals surface area contributed by atoms with Crippen molar-refractivity contribution in [1.29, 1.82) is 0 Å². The van der Waals surface area contributed by atoms with Crippen molar-refractivity contribution in [3.8, 4) is 22.2 Å². The van der Waals surface area contributed by atoms with Gasteiger partial charge in [0.2, 0.25) is 15.8 Å². The van der Waals surface area contributed by atoms with E-state index in [1.807, 2.05) is 39.8 Å². The molecule has 3 rings (SSSR count). The zero-order valence-electron chi connectivity index (χ0n) is 15.1. The molecule has 26 heavy (non-hydrogen) atoms. The highest BCUT2D eigenvalue weighted by Crippen LogP contribution is 2.28. The Morgan fingerprint density at radius 3 is 2.35 bits per heavy atom. The van der Waals surface area contributed by atoms with Crippen molar-refractivity contribution in [2.45, 2.75) is 38.6 Å². The fourth-order valence-electron chi connectivity index (χ4n) is 2.22. The topological polar surface area (TPSA) is 85.1 Å². The molecule has 0 spiro atoms. The van der Waals surface area contributed by atoms with Crippen LogP contribution in [0.2, 0.25) is 0 Å². The molecule has 6 nitrogen and oxygen atoms in total. The summed E-state index contributed by atoms with van der Waals surface area (Å²) >= 11 is 1.59. The van der Waals surface area contributed by atoms with Crippen LogP contribution in [0.1, 0.15) is 25.6 Å². The van der Waals surface area contributed by atoms with E-state index in [-0.39, 0.29) is 16.9 Å². The van der Waals surface area contributed by atoms with Gasteiger partial charge in [-0.25, -0.2) is 13.1 Å². The summed E-state index contributed by atoms with van der Waals surface area (Å²) in [4.78, 5) is 6.71. The maximum atomic E-state index is 12.4. The Labute approximate surface area is 157 Å². The number of aryl methyl sites for hydroxylation is 1. The van der Waals surface area contributed by atoms with Crippen molar-refractivity contribution >= 4 is 21.4 Å². The zero-order valence-corrected chi connectivity index (χ0v) is 16.7. The lowest BCUT2D eigenvalue weighted by molar-refractivity contribution is 0.432. The fourth-order valence-corrected chi connectivity index (χ4v) is 4.41. The van der Waals surface area contributed by atoms with E-state index in [2.05, 4.69) is 14.9 Å². The van der Waals surface area contributed by atoms with Gasteiger partial charge in [-0.15, -0.1) is 11.3 Å². The summed E-state index contributed by atoms with van der Waals surface area (Å²) in [5.74, 6) is 1.10. The summed E-state index contributed by atoms with van der Waals surface area (Å²) in [6.45, 7) is 7.81. The quantitative estimate of drug-likeness (QED) is 0.684. The standard InChI is InChI=1S/C18H21N3O3S2/c1-11(2)13(4)21-26(22,23)15-8-6-14(7-9-15)18-19-17(20-24-18)16-10-5-12(3)25-16/h5-11,13,21H,1-4H3. The Kier molecular flexibility index (Phi) is 5.27. The predicted molar refractivity (Wildman–Crippen MR) is 102 cm³/mol. The van der Waals surface area contributed by atoms with Gasteiger partial charge in [0.05, 0.1) is 9.77 Å². The molecule has 0 aliphatic carbocycles. The Morgan fingerprint density at radius 1 is 1.08 bits per heavy atom. The van der Waals surface area contributed by atoms with Crippen LogP contribution in [0, 0.1) is 12.8 Å². The highest BCUT2D eigenvalue weighted by molar-refractivity contribution is 7.89. The normalized spacial score (nSPS) is 13.3. The summed E-state index contributed by atoms with van der Waals surface area (Å²) in [6.07, 6.45) is 0. The highest BCUT2D eigenvalue weighted by Gasteiger charge is 2.20. The lowest BCUT2D eigenvalue weighted by Crippen LogP contribution is -2.36. The van der Waals surface area contributed by atoms with Gasteiger partial charge in [0, 0.05) is 16.5 Å². The van der Waals surface area contributed by atoms with Gasteiger partial charge in [0.25, 0.3) is 5.89 Å². The first kappa shape index (κ1) is 18.8. The second-order valence-electron chi connectivity index (χ2n) is 6.51. The van der Waals surface area contributed by atoms with E-state index in [1.54, 1.807) is 35.6 Å². The number of thiophene rings is 1. The number of nitrogens with one attached hydrogen (secondary N) is 1. The molecule has 0 saturated heterocycles. The van der Waals surface area contributed by atoms with Crippen LogP contribution in [-0.4, -0.2) is 24.6 Å². The third-order valence-corrected chi connectivity index (χ3v) is 6.71. The summed E-state index contributed by atoms with van der Waals surface area (Å²) in [6, 6.07) is 10.2. The first-order chi connectivity index (χ1) is 12.3. The van der Waals surface area contributed by atoms with Gasteiger partial charge in [-0.3, -0.25) is 0 Å². The fraction of sp³-hybridized carbons (Fsp3) is 0.333. The van der Waals surface area contributed by atoms with E-state index in [0.29, 0.717) is 17.3 Å². The average molecular weight is 392 g/mol. The molecule has 0 fully saturated rings. The number of aromatic nitrogens is 2. The predicted octanol–water partition coefficient (Wildman–Crippen LogP) is 4.10. The molecule has 1 atom stereocenters. The average Bonchev–Trinajstić information content (AvgIpc) is 3.23. The minimum atomic E-state index is -3.55. The third-order valence-electron chi connectivity index (χ3n) is 4.14. The van der Waals surface area contributed by atoms with Crippen LogP contribution in [0.5, 0.6) is 0 Å². The van der Waals surface area contributed by atoms with E-state index >= 15 is 0 Å². The van der Waals surface area contributed by atoms with Gasteiger partial charge in [-0.05, 0) is 56.2 Å². The molecule has 2 heterocycles. The Hall–Kier alpha value is -2.03. The molecule has 0 aliphatic heterocycles. The number of sulfonamides is 1. The van der Waals surface area contributed by atoms with E-state index < -0.39 is 10.0 Å². The van der Waals surface area contributed by atoms with Gasteiger partial charge in [0.15, 0.2) is 0 Å². The van der Waals surface area contributed by atoms with Crippen LogP contribution in [0.4, 0.5) is 0 Å². The van der Waals surface area contributed by atoms with Gasteiger partial charge < -0.3 is 4.52 Å². The van der Waals surface area contributed by atoms with Crippen molar-refractivity contribution < 1.29 is 12.9 Å². The van der Waals surface area contributed by atoms with Crippen molar-refractivity contribution in [3.63, 3.8) is 0 Å². The molecular weight excluding hydrogens is 370 g/mol. The first-order valence-electron chi connectivity index (χ1n) is 8.29. The number of nitrogens with zero attached hydrogens (tertiary/aromatic N) is 2. The molecule has 138 valence electrons. The van der Waals surface area contributed by atoms with Crippen molar-refractivity contribution in [2.75, 3.05) is 0 Å². The number of hydrogen-bond acceptors (Lipinski definition) is 6. The van der Waals surface area contributed by atoms with Crippen LogP contribution in [0.25, 0.3) is 22.2 Å². The van der Waals surface area contributed by atoms with Gasteiger partial charge in [-0.2, -0.15) is 4.98 Å². The lowest BCUT2D eigenvalue weighted by Gasteiger charge is -2.17. The maximum Gasteiger partial charge on any atom is 0.258 e. The molecule has 1 unspecified atom stereocenters. The molecule has 1 aromatic carbocycles. The van der Waals surface area contributed by atoms with Gasteiger partial charge >= 0.3 is 0 Å². The van der Waals surface area contributed by atoms with E-state index in [9.17, 15) is 8.42 Å². The number of hydrogen-bond donors (Lipinski definition) is 1. The van der Waals surface area contributed by atoms with Gasteiger partial charge in [0.1, 0.15) is 0 Å². The SMILES string of the molecule is Cc1ccc(-c2noc(-c3ccc(S(=O)(=O)NC(C)C(C)C)cc3)n2)s1. The molecule has 0 radical (unpaired) electrons. The first-order valence-corrected chi connectivity index (χ1v) is 10.6. The molecule has 0 aliphatic rings. The van der Waals surface area contributed by atoms with Gasteiger partial charge in [-0.1, -0.05) is 19.0 Å². The molecule has 3 aromatic rings. The smallest absolute Gasteiger partial charge is 0.258 e. The minimum absolute atomic E-state index is 0.146. The minimum Gasteiger partial charge on any atom is -0.334 e. The summed E-state index contributed by atoms with van der Waals surface area (Å²) in [7, 11) is -3.55. The maximum absolute atomic E-state index is 12.4. The number of benzene rings is 1. The summed E-state index contributed by atoms with van der Waals surface area (Å²) < 4.78 is 32.8. The molecule has 8 heteroatoms.